The van der Waals surface area contributed by atoms with Crippen molar-refractivity contribution in [2.24, 2.45) is 0 Å². The molecule has 2 aromatic heterocycles. The van der Waals surface area contributed by atoms with E-state index >= 15 is 0 Å². The number of amides is 2. The molecule has 0 fully saturated rings. The van der Waals surface area contributed by atoms with Crippen molar-refractivity contribution in [2.45, 2.75) is 59.2 Å². The van der Waals surface area contributed by atoms with Crippen LogP contribution in [0.3, 0.4) is 0 Å². The van der Waals surface area contributed by atoms with Gasteiger partial charge in [0.05, 0.1) is 29.6 Å². The molecular weight excluding hydrogens is 639 g/mol. The molecule has 256 valence electrons. The zero-order valence-corrected chi connectivity index (χ0v) is 29.1. The number of rotatable bonds is 11. The van der Waals surface area contributed by atoms with Crippen LogP contribution in [-0.2, 0) is 9.47 Å². The number of nitrogens with zero attached hydrogens (tertiary/aromatic N) is 5. The lowest BCUT2D eigenvalue weighted by Crippen LogP contribution is -2.41. The topological polar surface area (TPSA) is 119 Å². The summed E-state index contributed by atoms with van der Waals surface area (Å²) in [6.45, 7) is 12.1. The molecule has 0 aliphatic heterocycles. The van der Waals surface area contributed by atoms with Crippen molar-refractivity contribution in [2.75, 3.05) is 38.6 Å². The number of halogens is 2. The fourth-order valence-corrected chi connectivity index (χ4v) is 4.74. The number of carbonyl (C=O) groups excluding carboxylic acids is 2. The van der Waals surface area contributed by atoms with Gasteiger partial charge in [0.1, 0.15) is 29.4 Å². The first-order chi connectivity index (χ1) is 22.6. The molecule has 13 heteroatoms. The molecule has 0 aliphatic rings. The minimum absolute atomic E-state index is 0.204. The highest BCUT2D eigenvalue weighted by Crippen LogP contribution is 2.30. The average molecular weight is 681 g/mol. The average Bonchev–Trinajstić information content (AvgIpc) is 3.00. The maximum absolute atomic E-state index is 14.4. The molecule has 0 saturated heterocycles. The molecule has 1 N–H and O–H groups in total. The lowest BCUT2D eigenvalue weighted by molar-refractivity contribution is 0.0206. The number of hydrogen-bond donors (Lipinski definition) is 1. The van der Waals surface area contributed by atoms with Gasteiger partial charge < -0.3 is 29.3 Å². The SMILES string of the molecule is CN(CCCN(CCOc1ccc2c(Nc3cnnc(-c4cc(Cl)ccc4F)c3)ccnc2c1)C(=O)OC(C)(C)C)C(=O)OC(C)(C)C. The molecule has 0 spiro atoms. The van der Waals surface area contributed by atoms with Crippen molar-refractivity contribution in [3.8, 4) is 17.0 Å². The summed E-state index contributed by atoms with van der Waals surface area (Å²) in [5, 5.41) is 12.6. The fourth-order valence-electron chi connectivity index (χ4n) is 4.57. The lowest BCUT2D eigenvalue weighted by atomic mass is 10.1. The minimum Gasteiger partial charge on any atom is -0.492 e. The summed E-state index contributed by atoms with van der Waals surface area (Å²) in [5.41, 5.74) is 1.36. The number of anilines is 2. The number of aromatic nitrogens is 3. The normalized spacial score (nSPS) is 11.6. The zero-order valence-electron chi connectivity index (χ0n) is 28.3. The highest BCUT2D eigenvalue weighted by molar-refractivity contribution is 6.30. The lowest BCUT2D eigenvalue weighted by Gasteiger charge is -2.28. The summed E-state index contributed by atoms with van der Waals surface area (Å²) in [6.07, 6.45) is 2.84. The molecule has 0 bridgehead atoms. The Morgan fingerprint density at radius 2 is 1.65 bits per heavy atom. The second-order valence-electron chi connectivity index (χ2n) is 13.2. The number of benzene rings is 2. The second kappa shape index (κ2) is 15.5. The van der Waals surface area contributed by atoms with Gasteiger partial charge in [-0.2, -0.15) is 10.2 Å². The van der Waals surface area contributed by atoms with Gasteiger partial charge in [0.2, 0.25) is 0 Å². The van der Waals surface area contributed by atoms with Crippen LogP contribution < -0.4 is 10.1 Å². The Morgan fingerprint density at radius 3 is 2.38 bits per heavy atom. The van der Waals surface area contributed by atoms with Crippen molar-refractivity contribution in [1.82, 2.24) is 25.0 Å². The molecule has 2 aromatic carbocycles. The summed E-state index contributed by atoms with van der Waals surface area (Å²) >= 11 is 6.07. The Bertz CT molecular complexity index is 1740. The maximum Gasteiger partial charge on any atom is 0.410 e. The molecule has 0 saturated carbocycles. The summed E-state index contributed by atoms with van der Waals surface area (Å²) in [7, 11) is 1.66. The smallest absolute Gasteiger partial charge is 0.410 e. The molecule has 0 radical (unpaired) electrons. The van der Waals surface area contributed by atoms with Crippen LogP contribution in [0.2, 0.25) is 5.02 Å². The number of nitrogens with one attached hydrogen (secondary N) is 1. The number of carbonyl (C=O) groups is 2. The largest absolute Gasteiger partial charge is 0.492 e. The van der Waals surface area contributed by atoms with Gasteiger partial charge >= 0.3 is 12.2 Å². The third kappa shape index (κ3) is 10.7. The summed E-state index contributed by atoms with van der Waals surface area (Å²) in [5.74, 6) is 0.123. The summed E-state index contributed by atoms with van der Waals surface area (Å²) in [4.78, 5) is 32.9. The molecule has 2 heterocycles. The second-order valence-corrected chi connectivity index (χ2v) is 13.6. The Morgan fingerprint density at radius 1 is 0.917 bits per heavy atom. The van der Waals surface area contributed by atoms with Gasteiger partial charge in [-0.25, -0.2) is 14.0 Å². The van der Waals surface area contributed by atoms with Gasteiger partial charge in [-0.3, -0.25) is 4.98 Å². The van der Waals surface area contributed by atoms with E-state index in [4.69, 9.17) is 25.8 Å². The van der Waals surface area contributed by atoms with Crippen LogP contribution in [0.5, 0.6) is 5.75 Å². The molecular formula is C35H42ClFN6O5. The van der Waals surface area contributed by atoms with Crippen molar-refractivity contribution in [3.05, 3.63) is 71.8 Å². The number of hydrogen-bond acceptors (Lipinski definition) is 9. The Labute approximate surface area is 285 Å². The predicted octanol–water partition coefficient (Wildman–Crippen LogP) is 8.10. The Kier molecular flexibility index (Phi) is 11.6. The van der Waals surface area contributed by atoms with Crippen LogP contribution in [-0.4, -0.2) is 81.7 Å². The summed E-state index contributed by atoms with van der Waals surface area (Å²) < 4.78 is 31.5. The van der Waals surface area contributed by atoms with Crippen LogP contribution in [0.4, 0.5) is 25.4 Å². The first-order valence-electron chi connectivity index (χ1n) is 15.6. The van der Waals surface area contributed by atoms with Gasteiger partial charge in [-0.05, 0) is 90.4 Å². The van der Waals surface area contributed by atoms with Crippen LogP contribution in [0, 0.1) is 5.82 Å². The van der Waals surface area contributed by atoms with E-state index in [2.05, 4.69) is 20.5 Å². The molecule has 0 unspecified atom stereocenters. The van der Waals surface area contributed by atoms with Gasteiger partial charge in [-0.15, -0.1) is 0 Å². The molecule has 4 aromatic rings. The van der Waals surface area contributed by atoms with Crippen LogP contribution in [0.1, 0.15) is 48.0 Å². The van der Waals surface area contributed by atoms with Gasteiger partial charge in [-0.1, -0.05) is 11.6 Å². The quantitative estimate of drug-likeness (QED) is 0.168. The monoisotopic (exact) mass is 680 g/mol. The highest BCUT2D eigenvalue weighted by atomic mass is 35.5. The van der Waals surface area contributed by atoms with E-state index in [9.17, 15) is 14.0 Å². The Hall–Kier alpha value is -4.71. The van der Waals surface area contributed by atoms with E-state index in [0.717, 1.165) is 11.1 Å². The van der Waals surface area contributed by atoms with E-state index in [1.807, 2.05) is 65.8 Å². The van der Waals surface area contributed by atoms with Crippen molar-refractivity contribution in [1.29, 1.82) is 0 Å². The fraction of sp³-hybridized carbons (Fsp3) is 0.400. The highest BCUT2D eigenvalue weighted by Gasteiger charge is 2.23. The van der Waals surface area contributed by atoms with E-state index in [-0.39, 0.29) is 18.7 Å². The van der Waals surface area contributed by atoms with Crippen molar-refractivity contribution >= 4 is 46.1 Å². The molecule has 11 nitrogen and oxygen atoms in total. The maximum atomic E-state index is 14.4. The molecule has 0 aliphatic carbocycles. The Balaban J connectivity index is 1.40. The minimum atomic E-state index is -0.668. The van der Waals surface area contributed by atoms with E-state index in [1.54, 1.807) is 30.4 Å². The van der Waals surface area contributed by atoms with E-state index < -0.39 is 29.2 Å². The summed E-state index contributed by atoms with van der Waals surface area (Å²) in [6, 6.07) is 13.3. The zero-order chi connectivity index (χ0) is 35.1. The van der Waals surface area contributed by atoms with Gasteiger partial charge in [0.25, 0.3) is 0 Å². The number of fused-ring (bicyclic) bond motifs is 1. The number of ether oxygens (including phenoxy) is 3. The third-order valence-corrected chi connectivity index (χ3v) is 7.00. The van der Waals surface area contributed by atoms with Crippen molar-refractivity contribution < 1.29 is 28.2 Å². The first kappa shape index (κ1) is 36.1. The molecule has 2 amide bonds. The number of pyridine rings is 1. The van der Waals surface area contributed by atoms with Gasteiger partial charge in [0, 0.05) is 54.1 Å². The van der Waals surface area contributed by atoms with Gasteiger partial charge in [0.15, 0.2) is 0 Å². The standard InChI is InChI=1S/C35H42ClFN6O5/c1-34(2,3)47-32(44)42(7)15-8-16-43(33(45)48-35(4,5)6)17-18-46-25-10-11-26-29(13-14-38-30(26)21-25)40-24-20-31(41-39-22-24)27-19-23(36)9-12-28(27)37/h9-14,19-22H,8,15-18H2,1-7H3,(H,38,40,41). The first-order valence-corrected chi connectivity index (χ1v) is 15.9. The third-order valence-electron chi connectivity index (χ3n) is 6.76. The van der Waals surface area contributed by atoms with Crippen LogP contribution in [0.25, 0.3) is 22.2 Å². The molecule has 4 rings (SSSR count). The van der Waals surface area contributed by atoms with E-state index in [0.29, 0.717) is 47.2 Å². The predicted molar refractivity (Wildman–Crippen MR) is 184 cm³/mol. The van der Waals surface area contributed by atoms with Crippen LogP contribution in [0.15, 0.2) is 60.9 Å². The van der Waals surface area contributed by atoms with Crippen molar-refractivity contribution in [3.63, 3.8) is 0 Å². The van der Waals surface area contributed by atoms with E-state index in [1.165, 1.54) is 23.1 Å². The molecule has 0 atom stereocenters. The van der Waals surface area contributed by atoms with Crippen LogP contribution >= 0.6 is 11.6 Å². The molecule has 48 heavy (non-hydrogen) atoms.